The van der Waals surface area contributed by atoms with Gasteiger partial charge in [0.15, 0.2) is 5.03 Å². The van der Waals surface area contributed by atoms with E-state index in [4.69, 9.17) is 4.74 Å². The number of aromatic nitrogens is 2. The highest BCUT2D eigenvalue weighted by Gasteiger charge is 2.50. The molecule has 2 aliphatic rings. The Balaban J connectivity index is 1.82. The number of likely N-dealkylation sites (tertiary alicyclic amines) is 1. The molecule has 2 atom stereocenters. The number of methoxy groups -OCH3 is 1. The van der Waals surface area contributed by atoms with Crippen LogP contribution in [0, 0.1) is 0 Å². The number of hydrogen-bond donors (Lipinski definition) is 0. The third kappa shape index (κ3) is 2.42. The van der Waals surface area contributed by atoms with Gasteiger partial charge in [0.1, 0.15) is 0 Å². The molecule has 3 rings (SSSR count). The Hall–Kier alpha value is -1.45. The highest BCUT2D eigenvalue weighted by atomic mass is 32.2. The van der Waals surface area contributed by atoms with Crippen molar-refractivity contribution in [3.05, 3.63) is 12.5 Å². The van der Waals surface area contributed by atoms with Crippen molar-refractivity contribution in [2.24, 2.45) is 7.05 Å². The average molecular weight is 328 g/mol. The fourth-order valence-corrected chi connectivity index (χ4v) is 4.95. The lowest BCUT2D eigenvalue weighted by Gasteiger charge is -2.24. The van der Waals surface area contributed by atoms with Gasteiger partial charge >= 0.3 is 0 Å². The molecule has 8 nitrogen and oxygen atoms in total. The Bertz CT molecular complexity index is 671. The number of carbonyl (C=O) groups is 1. The molecule has 0 unspecified atom stereocenters. The molecule has 0 spiro atoms. The predicted octanol–water partition coefficient (Wildman–Crippen LogP) is -0.570. The standard InChI is InChI=1S/C13H20N4O4S/c1-15-8-12(14-9-15)22(19,20)17-4-3-10-11(17)7-13(18)16(10)5-6-21-2/h8-11H,3-7H2,1-2H3/t10-,11+/m1/s1. The van der Waals surface area contributed by atoms with Crippen LogP contribution in [0.2, 0.25) is 0 Å². The summed E-state index contributed by atoms with van der Waals surface area (Å²) >= 11 is 0. The lowest BCUT2D eigenvalue weighted by atomic mass is 10.1. The van der Waals surface area contributed by atoms with Crippen LogP contribution in [-0.4, -0.2) is 72.0 Å². The number of imidazole rings is 1. The minimum absolute atomic E-state index is 0.00651. The average Bonchev–Trinajstić information content (AvgIpc) is 3.12. The normalized spacial score (nSPS) is 25.9. The van der Waals surface area contributed by atoms with Crippen LogP contribution in [0.1, 0.15) is 12.8 Å². The van der Waals surface area contributed by atoms with Gasteiger partial charge in [-0.1, -0.05) is 0 Å². The van der Waals surface area contributed by atoms with Crippen LogP contribution >= 0.6 is 0 Å². The van der Waals surface area contributed by atoms with E-state index in [1.165, 1.54) is 16.8 Å². The Morgan fingerprint density at radius 1 is 1.41 bits per heavy atom. The number of fused-ring (bicyclic) bond motifs is 1. The molecule has 0 radical (unpaired) electrons. The summed E-state index contributed by atoms with van der Waals surface area (Å²) in [4.78, 5) is 17.8. The zero-order chi connectivity index (χ0) is 15.9. The second-order valence-corrected chi connectivity index (χ2v) is 7.54. The van der Waals surface area contributed by atoms with Crippen molar-refractivity contribution in [2.45, 2.75) is 30.0 Å². The van der Waals surface area contributed by atoms with Crippen molar-refractivity contribution in [3.8, 4) is 0 Å². The Kier molecular flexibility index (Phi) is 3.96. The van der Waals surface area contributed by atoms with E-state index in [9.17, 15) is 13.2 Å². The summed E-state index contributed by atoms with van der Waals surface area (Å²) in [6.45, 7) is 1.39. The van der Waals surface area contributed by atoms with Gasteiger partial charge in [-0.25, -0.2) is 13.4 Å². The molecule has 1 aromatic heterocycles. The first-order chi connectivity index (χ1) is 10.4. The number of amides is 1. The number of aryl methyl sites for hydroxylation is 1. The number of hydrogen-bond acceptors (Lipinski definition) is 5. The van der Waals surface area contributed by atoms with Crippen LogP contribution in [0.5, 0.6) is 0 Å². The lowest BCUT2D eigenvalue weighted by molar-refractivity contribution is -0.129. The highest BCUT2D eigenvalue weighted by Crippen LogP contribution is 2.35. The molecular formula is C13H20N4O4S. The highest BCUT2D eigenvalue weighted by molar-refractivity contribution is 7.89. The zero-order valence-corrected chi connectivity index (χ0v) is 13.5. The van der Waals surface area contributed by atoms with Gasteiger partial charge in [-0.15, -0.1) is 0 Å². The van der Waals surface area contributed by atoms with Gasteiger partial charge in [0.05, 0.1) is 25.0 Å². The molecule has 3 heterocycles. The Morgan fingerprint density at radius 3 is 2.82 bits per heavy atom. The first-order valence-corrected chi connectivity index (χ1v) is 8.67. The summed E-state index contributed by atoms with van der Waals surface area (Å²) in [7, 11) is -0.334. The summed E-state index contributed by atoms with van der Waals surface area (Å²) in [5, 5.41) is 0.0402. The van der Waals surface area contributed by atoms with E-state index in [-0.39, 0.29) is 29.4 Å². The van der Waals surface area contributed by atoms with Gasteiger partial charge in [-0.2, -0.15) is 4.31 Å². The van der Waals surface area contributed by atoms with Crippen LogP contribution in [0.4, 0.5) is 0 Å². The van der Waals surface area contributed by atoms with Gasteiger partial charge in [0.25, 0.3) is 10.0 Å². The number of carbonyl (C=O) groups excluding carboxylic acids is 1. The van der Waals surface area contributed by atoms with Crippen LogP contribution < -0.4 is 0 Å². The molecule has 0 N–H and O–H groups in total. The Labute approximate surface area is 129 Å². The molecule has 0 aromatic carbocycles. The van der Waals surface area contributed by atoms with Crippen LogP contribution in [-0.2, 0) is 26.6 Å². The first kappa shape index (κ1) is 15.4. The monoisotopic (exact) mass is 328 g/mol. The van der Waals surface area contributed by atoms with Crippen molar-refractivity contribution in [2.75, 3.05) is 26.8 Å². The van der Waals surface area contributed by atoms with Crippen molar-refractivity contribution < 1.29 is 17.9 Å². The van der Waals surface area contributed by atoms with Crippen LogP contribution in [0.25, 0.3) is 0 Å². The number of ether oxygens (including phenoxy) is 1. The summed E-state index contributed by atoms with van der Waals surface area (Å²) in [5.41, 5.74) is 0. The Morgan fingerprint density at radius 2 is 2.18 bits per heavy atom. The van der Waals surface area contributed by atoms with E-state index in [1.807, 2.05) is 0 Å². The van der Waals surface area contributed by atoms with E-state index in [0.717, 1.165) is 0 Å². The van der Waals surface area contributed by atoms with E-state index in [2.05, 4.69) is 4.98 Å². The first-order valence-electron chi connectivity index (χ1n) is 7.23. The fourth-order valence-electron chi connectivity index (χ4n) is 3.31. The maximum Gasteiger partial charge on any atom is 0.262 e. The van der Waals surface area contributed by atoms with Gasteiger partial charge in [-0.3, -0.25) is 4.79 Å². The summed E-state index contributed by atoms with van der Waals surface area (Å²) in [6, 6.07) is -0.350. The minimum atomic E-state index is -3.65. The quantitative estimate of drug-likeness (QED) is 0.723. The molecule has 2 fully saturated rings. The van der Waals surface area contributed by atoms with Gasteiger partial charge < -0.3 is 14.2 Å². The van der Waals surface area contributed by atoms with Gasteiger partial charge in [0, 0.05) is 39.9 Å². The number of nitrogens with zero attached hydrogens (tertiary/aromatic N) is 4. The van der Waals surface area contributed by atoms with Crippen molar-refractivity contribution in [3.63, 3.8) is 0 Å². The van der Waals surface area contributed by atoms with E-state index in [1.54, 1.807) is 23.6 Å². The second kappa shape index (κ2) is 5.64. The van der Waals surface area contributed by atoms with Crippen LogP contribution in [0.15, 0.2) is 17.6 Å². The summed E-state index contributed by atoms with van der Waals surface area (Å²) in [6.07, 6.45) is 3.85. The topological polar surface area (TPSA) is 84.7 Å². The molecule has 0 bridgehead atoms. The molecule has 22 heavy (non-hydrogen) atoms. The maximum absolute atomic E-state index is 12.7. The molecule has 122 valence electrons. The molecule has 0 saturated carbocycles. The van der Waals surface area contributed by atoms with E-state index >= 15 is 0 Å². The lowest BCUT2D eigenvalue weighted by Crippen LogP contribution is -2.40. The fraction of sp³-hybridized carbons (Fsp3) is 0.692. The van der Waals surface area contributed by atoms with E-state index < -0.39 is 10.0 Å². The van der Waals surface area contributed by atoms with Gasteiger partial charge in [-0.05, 0) is 6.42 Å². The molecule has 1 amide bonds. The third-order valence-electron chi connectivity index (χ3n) is 4.35. The molecule has 0 aliphatic carbocycles. The third-order valence-corrected chi connectivity index (χ3v) is 6.16. The second-order valence-electron chi connectivity index (χ2n) is 5.70. The molecule has 2 aliphatic heterocycles. The zero-order valence-electron chi connectivity index (χ0n) is 12.7. The van der Waals surface area contributed by atoms with Gasteiger partial charge in [0.2, 0.25) is 5.91 Å². The largest absolute Gasteiger partial charge is 0.383 e. The molecule has 9 heteroatoms. The maximum atomic E-state index is 12.7. The molecular weight excluding hydrogens is 308 g/mol. The van der Waals surface area contributed by atoms with Crippen LogP contribution in [0.3, 0.4) is 0 Å². The van der Waals surface area contributed by atoms with E-state index in [0.29, 0.717) is 26.1 Å². The predicted molar refractivity (Wildman–Crippen MR) is 77.5 cm³/mol. The summed E-state index contributed by atoms with van der Waals surface area (Å²) < 4.78 is 33.5. The smallest absolute Gasteiger partial charge is 0.262 e. The van der Waals surface area contributed by atoms with Crippen molar-refractivity contribution >= 4 is 15.9 Å². The molecule has 1 aromatic rings. The number of rotatable bonds is 5. The summed E-state index contributed by atoms with van der Waals surface area (Å²) in [5.74, 6) is -0.00651. The number of sulfonamides is 1. The van der Waals surface area contributed by atoms with Crippen molar-refractivity contribution in [1.82, 2.24) is 18.8 Å². The minimum Gasteiger partial charge on any atom is -0.383 e. The molecule has 2 saturated heterocycles. The van der Waals surface area contributed by atoms with Crippen molar-refractivity contribution in [1.29, 1.82) is 0 Å². The SMILES string of the molecule is COCCN1C(=O)C[C@H]2[C@H]1CCN2S(=O)(=O)c1cn(C)cn1.